The summed E-state index contributed by atoms with van der Waals surface area (Å²) >= 11 is 17.9. The first-order valence-corrected chi connectivity index (χ1v) is 7.69. The van der Waals surface area contributed by atoms with E-state index in [-0.39, 0.29) is 0 Å². The number of hydrogen-bond acceptors (Lipinski definition) is 2. The minimum atomic E-state index is -0.474. The quantitative estimate of drug-likeness (QED) is 0.499. The summed E-state index contributed by atoms with van der Waals surface area (Å²) in [6, 6.07) is 12.3. The Labute approximate surface area is 144 Å². The summed E-state index contributed by atoms with van der Waals surface area (Å²) in [5, 5.41) is 1.57. The van der Waals surface area contributed by atoms with Gasteiger partial charge in [0, 0.05) is 26.7 Å². The van der Waals surface area contributed by atoms with E-state index in [9.17, 15) is 4.79 Å². The van der Waals surface area contributed by atoms with Gasteiger partial charge < -0.3 is 4.74 Å². The van der Waals surface area contributed by atoms with Gasteiger partial charge in [-0.2, -0.15) is 0 Å². The predicted octanol–water partition coefficient (Wildman–Crippen LogP) is 5.96. The number of carbonyl (C=O) groups is 1. The van der Waals surface area contributed by atoms with E-state index in [2.05, 4.69) is 0 Å². The molecule has 2 rings (SSSR count). The molecule has 0 unspecified atom stereocenters. The fourth-order valence-electron chi connectivity index (χ4n) is 1.88. The Bertz CT molecular complexity index is 711. The molecule has 114 valence electrons. The predicted molar refractivity (Wildman–Crippen MR) is 91.5 cm³/mol. The Morgan fingerprint density at radius 1 is 1.09 bits per heavy atom. The maximum atomic E-state index is 11.9. The molecule has 0 saturated carbocycles. The highest BCUT2D eigenvalue weighted by molar-refractivity contribution is 6.35. The summed E-state index contributed by atoms with van der Waals surface area (Å²) in [6.07, 6.45) is 2.47. The Morgan fingerprint density at radius 2 is 1.82 bits per heavy atom. The number of ether oxygens (including phenoxy) is 1. The maximum absolute atomic E-state index is 11.9. The van der Waals surface area contributed by atoms with Crippen molar-refractivity contribution in [1.82, 2.24) is 0 Å². The molecule has 0 aliphatic heterocycles. The Morgan fingerprint density at radius 3 is 2.50 bits per heavy atom. The van der Waals surface area contributed by atoms with Crippen LogP contribution in [0.2, 0.25) is 15.1 Å². The molecular weight excluding hydrogens is 343 g/mol. The van der Waals surface area contributed by atoms with E-state index in [1.165, 1.54) is 6.08 Å². The van der Waals surface area contributed by atoms with Crippen molar-refractivity contribution >= 4 is 46.8 Å². The second-order valence-electron chi connectivity index (χ2n) is 4.60. The molecule has 5 heteroatoms. The molecule has 0 spiro atoms. The van der Waals surface area contributed by atoms with E-state index in [1.54, 1.807) is 37.3 Å². The van der Waals surface area contributed by atoms with Crippen LogP contribution in [0.4, 0.5) is 0 Å². The van der Waals surface area contributed by atoms with E-state index in [4.69, 9.17) is 39.5 Å². The summed E-state index contributed by atoms with van der Waals surface area (Å²) in [6.45, 7) is 1.77. The van der Waals surface area contributed by atoms with E-state index < -0.39 is 12.1 Å². The standard InChI is InChI=1S/C17H13Cl3O2/c1-11(14-4-2-3-5-15(14)19)22-17(21)9-7-12-6-8-13(18)10-16(12)20/h2-11H,1H3/b9-7+/t11-/m1/s1. The minimum Gasteiger partial charge on any atom is -0.455 e. The van der Waals surface area contributed by atoms with E-state index in [1.807, 2.05) is 18.2 Å². The number of carbonyl (C=O) groups excluding carboxylic acids is 1. The van der Waals surface area contributed by atoms with Crippen LogP contribution in [-0.4, -0.2) is 5.97 Å². The molecule has 0 saturated heterocycles. The van der Waals surface area contributed by atoms with Crippen LogP contribution in [0.15, 0.2) is 48.5 Å². The third-order valence-electron chi connectivity index (χ3n) is 3.00. The van der Waals surface area contributed by atoms with Gasteiger partial charge in [0.2, 0.25) is 0 Å². The molecule has 0 fully saturated rings. The SMILES string of the molecule is C[C@@H](OC(=O)/C=C/c1ccc(Cl)cc1Cl)c1ccccc1Cl. The van der Waals surface area contributed by atoms with Gasteiger partial charge in [0.15, 0.2) is 0 Å². The van der Waals surface area contributed by atoms with Gasteiger partial charge in [0.1, 0.15) is 6.10 Å². The molecule has 22 heavy (non-hydrogen) atoms. The van der Waals surface area contributed by atoms with Crippen LogP contribution in [-0.2, 0) is 9.53 Å². The van der Waals surface area contributed by atoms with Gasteiger partial charge in [-0.05, 0) is 36.8 Å². The lowest BCUT2D eigenvalue weighted by molar-refractivity contribution is -0.142. The lowest BCUT2D eigenvalue weighted by Gasteiger charge is -2.13. The fraction of sp³-hybridized carbons (Fsp3) is 0.118. The highest BCUT2D eigenvalue weighted by atomic mass is 35.5. The zero-order valence-electron chi connectivity index (χ0n) is 11.7. The molecule has 0 aromatic heterocycles. The molecule has 2 aromatic rings. The van der Waals surface area contributed by atoms with Crippen LogP contribution in [0.3, 0.4) is 0 Å². The molecule has 0 amide bonds. The van der Waals surface area contributed by atoms with Gasteiger partial charge in [-0.3, -0.25) is 0 Å². The summed E-state index contributed by atoms with van der Waals surface area (Å²) < 4.78 is 5.32. The van der Waals surface area contributed by atoms with Crippen molar-refractivity contribution in [3.05, 3.63) is 74.7 Å². The van der Waals surface area contributed by atoms with E-state index in [0.717, 1.165) is 5.56 Å². The van der Waals surface area contributed by atoms with Crippen molar-refractivity contribution in [3.8, 4) is 0 Å². The molecule has 0 bridgehead atoms. The topological polar surface area (TPSA) is 26.3 Å². The zero-order chi connectivity index (χ0) is 16.1. The zero-order valence-corrected chi connectivity index (χ0v) is 14.0. The minimum absolute atomic E-state index is 0.438. The molecule has 0 aliphatic carbocycles. The molecule has 2 aromatic carbocycles. The van der Waals surface area contributed by atoms with Gasteiger partial charge in [-0.25, -0.2) is 4.79 Å². The van der Waals surface area contributed by atoms with Crippen molar-refractivity contribution in [2.75, 3.05) is 0 Å². The van der Waals surface area contributed by atoms with Crippen LogP contribution in [0.25, 0.3) is 6.08 Å². The molecule has 1 atom stereocenters. The monoisotopic (exact) mass is 354 g/mol. The van der Waals surface area contributed by atoms with Crippen molar-refractivity contribution < 1.29 is 9.53 Å². The first kappa shape index (κ1) is 16.9. The summed E-state index contributed by atoms with van der Waals surface area (Å²) in [5.74, 6) is -0.474. The lowest BCUT2D eigenvalue weighted by Crippen LogP contribution is -2.06. The Hall–Kier alpha value is -1.48. The summed E-state index contributed by atoms with van der Waals surface area (Å²) in [7, 11) is 0. The largest absolute Gasteiger partial charge is 0.455 e. The summed E-state index contributed by atoms with van der Waals surface area (Å²) in [4.78, 5) is 11.9. The Kier molecular flexibility index (Phi) is 5.90. The van der Waals surface area contributed by atoms with Crippen LogP contribution >= 0.6 is 34.8 Å². The second-order valence-corrected chi connectivity index (χ2v) is 5.85. The Balaban J connectivity index is 2.03. The molecule has 0 aliphatic rings. The van der Waals surface area contributed by atoms with Crippen LogP contribution in [0.5, 0.6) is 0 Å². The molecule has 2 nitrogen and oxygen atoms in total. The number of benzene rings is 2. The first-order valence-electron chi connectivity index (χ1n) is 6.55. The van der Waals surface area contributed by atoms with Gasteiger partial charge in [0.05, 0.1) is 0 Å². The molecule has 0 N–H and O–H groups in total. The van der Waals surface area contributed by atoms with Gasteiger partial charge in [0.25, 0.3) is 0 Å². The van der Waals surface area contributed by atoms with Crippen molar-refractivity contribution in [1.29, 1.82) is 0 Å². The van der Waals surface area contributed by atoms with Crippen LogP contribution in [0.1, 0.15) is 24.2 Å². The maximum Gasteiger partial charge on any atom is 0.331 e. The van der Waals surface area contributed by atoms with Crippen LogP contribution < -0.4 is 0 Å². The molecule has 0 heterocycles. The smallest absolute Gasteiger partial charge is 0.331 e. The average molecular weight is 356 g/mol. The normalized spacial score (nSPS) is 12.4. The third kappa shape index (κ3) is 4.51. The third-order valence-corrected chi connectivity index (χ3v) is 3.90. The highest BCUT2D eigenvalue weighted by Crippen LogP contribution is 2.25. The number of esters is 1. The van der Waals surface area contributed by atoms with E-state index >= 15 is 0 Å². The average Bonchev–Trinajstić information content (AvgIpc) is 2.46. The lowest BCUT2D eigenvalue weighted by atomic mass is 10.1. The van der Waals surface area contributed by atoms with E-state index in [0.29, 0.717) is 20.6 Å². The van der Waals surface area contributed by atoms with Gasteiger partial charge >= 0.3 is 5.97 Å². The van der Waals surface area contributed by atoms with Crippen molar-refractivity contribution in [2.24, 2.45) is 0 Å². The fourth-order valence-corrected chi connectivity index (χ4v) is 2.64. The molecular formula is C17H13Cl3O2. The van der Waals surface area contributed by atoms with Crippen molar-refractivity contribution in [3.63, 3.8) is 0 Å². The van der Waals surface area contributed by atoms with Gasteiger partial charge in [-0.1, -0.05) is 59.1 Å². The second kappa shape index (κ2) is 7.68. The number of hydrogen-bond donors (Lipinski definition) is 0. The van der Waals surface area contributed by atoms with Crippen molar-refractivity contribution in [2.45, 2.75) is 13.0 Å². The van der Waals surface area contributed by atoms with Gasteiger partial charge in [-0.15, -0.1) is 0 Å². The van der Waals surface area contributed by atoms with Crippen LogP contribution in [0, 0.1) is 0 Å². The summed E-state index contributed by atoms with van der Waals surface area (Å²) in [5.41, 5.74) is 1.45. The molecule has 0 radical (unpaired) electrons. The first-order chi connectivity index (χ1) is 10.5. The highest BCUT2D eigenvalue weighted by Gasteiger charge is 2.12. The number of halogens is 3. The number of rotatable bonds is 4.